The van der Waals surface area contributed by atoms with Gasteiger partial charge in [0.1, 0.15) is 13.2 Å². The first-order chi connectivity index (χ1) is 9.61. The van der Waals surface area contributed by atoms with E-state index < -0.39 is 0 Å². The number of ether oxygens (including phenoxy) is 4. The van der Waals surface area contributed by atoms with Crippen molar-refractivity contribution in [3.05, 3.63) is 21.3 Å². The summed E-state index contributed by atoms with van der Waals surface area (Å²) < 4.78 is 22.2. The van der Waals surface area contributed by atoms with Gasteiger partial charge in [0.2, 0.25) is 0 Å². The molecule has 0 N–H and O–H groups in total. The molecule has 0 saturated carbocycles. The van der Waals surface area contributed by atoms with Crippen molar-refractivity contribution in [2.45, 2.75) is 6.92 Å². The van der Waals surface area contributed by atoms with Crippen LogP contribution >= 0.6 is 22.6 Å². The second kappa shape index (κ2) is 9.15. The highest BCUT2D eigenvalue weighted by Gasteiger charge is 2.18. The van der Waals surface area contributed by atoms with Crippen molar-refractivity contribution in [1.29, 1.82) is 0 Å². The SMILES string of the molecule is COCCOc1c(I)ccc(C(C)=O)c1OCCOC. The van der Waals surface area contributed by atoms with Crippen LogP contribution in [0.3, 0.4) is 0 Å². The molecular formula is C14H19IO5. The van der Waals surface area contributed by atoms with Crippen LogP contribution in [0, 0.1) is 3.57 Å². The van der Waals surface area contributed by atoms with E-state index in [1.807, 2.05) is 6.07 Å². The van der Waals surface area contributed by atoms with Gasteiger partial charge in [0, 0.05) is 14.2 Å². The van der Waals surface area contributed by atoms with Crippen LogP contribution in [0.25, 0.3) is 0 Å². The molecule has 20 heavy (non-hydrogen) atoms. The largest absolute Gasteiger partial charge is 0.486 e. The summed E-state index contributed by atoms with van der Waals surface area (Å²) in [6.45, 7) is 3.18. The number of rotatable bonds is 9. The number of carbonyl (C=O) groups excluding carboxylic acids is 1. The zero-order valence-corrected chi connectivity index (χ0v) is 14.1. The van der Waals surface area contributed by atoms with E-state index >= 15 is 0 Å². The number of benzene rings is 1. The molecule has 0 aliphatic heterocycles. The van der Waals surface area contributed by atoms with Crippen LogP contribution in [0.2, 0.25) is 0 Å². The second-order valence-electron chi connectivity index (χ2n) is 3.99. The second-order valence-corrected chi connectivity index (χ2v) is 5.15. The number of ketones is 1. The lowest BCUT2D eigenvalue weighted by atomic mass is 10.1. The van der Waals surface area contributed by atoms with Gasteiger partial charge in [-0.25, -0.2) is 0 Å². The maximum Gasteiger partial charge on any atom is 0.175 e. The van der Waals surface area contributed by atoms with Gasteiger partial charge in [-0.3, -0.25) is 4.79 Å². The normalized spacial score (nSPS) is 10.4. The van der Waals surface area contributed by atoms with E-state index in [9.17, 15) is 4.79 Å². The molecule has 0 amide bonds. The molecule has 6 heteroatoms. The summed E-state index contributed by atoms with van der Waals surface area (Å²) in [5, 5.41) is 0. The fourth-order valence-electron chi connectivity index (χ4n) is 1.55. The van der Waals surface area contributed by atoms with Crippen molar-refractivity contribution in [3.63, 3.8) is 0 Å². The van der Waals surface area contributed by atoms with Gasteiger partial charge in [0.15, 0.2) is 17.3 Å². The molecule has 0 bridgehead atoms. The van der Waals surface area contributed by atoms with E-state index in [1.54, 1.807) is 20.3 Å². The van der Waals surface area contributed by atoms with E-state index in [0.717, 1.165) is 3.57 Å². The van der Waals surface area contributed by atoms with Gasteiger partial charge in [-0.1, -0.05) is 0 Å². The molecule has 1 aromatic rings. The third kappa shape index (κ3) is 4.92. The summed E-state index contributed by atoms with van der Waals surface area (Å²) in [7, 11) is 3.20. The van der Waals surface area contributed by atoms with Crippen LogP contribution < -0.4 is 9.47 Å². The van der Waals surface area contributed by atoms with Gasteiger partial charge in [-0.05, 0) is 41.6 Å². The lowest BCUT2D eigenvalue weighted by Crippen LogP contribution is -2.12. The summed E-state index contributed by atoms with van der Waals surface area (Å²) in [6.07, 6.45) is 0. The Morgan fingerprint density at radius 2 is 1.55 bits per heavy atom. The van der Waals surface area contributed by atoms with Crippen LogP contribution in [0.4, 0.5) is 0 Å². The highest BCUT2D eigenvalue weighted by molar-refractivity contribution is 14.1. The number of methoxy groups -OCH3 is 2. The van der Waals surface area contributed by atoms with E-state index in [2.05, 4.69) is 22.6 Å². The summed E-state index contributed by atoms with van der Waals surface area (Å²) >= 11 is 2.15. The monoisotopic (exact) mass is 394 g/mol. The standard InChI is InChI=1S/C14H19IO5/c1-10(16)11-4-5-12(15)14(20-9-7-18-3)13(11)19-8-6-17-2/h4-5H,6-9H2,1-3H3. The molecule has 0 spiro atoms. The summed E-state index contributed by atoms with van der Waals surface area (Å²) in [5.41, 5.74) is 0.508. The molecule has 0 aliphatic carbocycles. The molecule has 5 nitrogen and oxygen atoms in total. The van der Waals surface area contributed by atoms with Crippen molar-refractivity contribution in [2.24, 2.45) is 0 Å². The third-order valence-electron chi connectivity index (χ3n) is 2.51. The molecule has 0 atom stereocenters. The van der Waals surface area contributed by atoms with Crippen LogP contribution in [-0.4, -0.2) is 46.4 Å². The van der Waals surface area contributed by atoms with Gasteiger partial charge < -0.3 is 18.9 Å². The minimum Gasteiger partial charge on any atom is -0.486 e. The van der Waals surface area contributed by atoms with Crippen molar-refractivity contribution in [3.8, 4) is 11.5 Å². The van der Waals surface area contributed by atoms with Crippen molar-refractivity contribution in [1.82, 2.24) is 0 Å². The van der Waals surface area contributed by atoms with E-state index in [-0.39, 0.29) is 5.78 Å². The van der Waals surface area contributed by atoms with Gasteiger partial charge in [0.05, 0.1) is 22.3 Å². The average molecular weight is 394 g/mol. The Balaban J connectivity index is 3.02. The number of hydrogen-bond donors (Lipinski definition) is 0. The summed E-state index contributed by atoms with van der Waals surface area (Å²) in [4.78, 5) is 11.7. The smallest absolute Gasteiger partial charge is 0.175 e. The number of hydrogen-bond acceptors (Lipinski definition) is 5. The fourth-order valence-corrected chi connectivity index (χ4v) is 2.13. The molecule has 0 heterocycles. The van der Waals surface area contributed by atoms with E-state index in [1.165, 1.54) is 6.92 Å². The maximum atomic E-state index is 11.7. The number of carbonyl (C=O) groups is 1. The minimum atomic E-state index is -0.0644. The van der Waals surface area contributed by atoms with E-state index in [0.29, 0.717) is 43.5 Å². The van der Waals surface area contributed by atoms with Crippen molar-refractivity contribution < 1.29 is 23.7 Å². The zero-order valence-electron chi connectivity index (χ0n) is 11.9. The number of halogens is 1. The van der Waals surface area contributed by atoms with Gasteiger partial charge in [-0.2, -0.15) is 0 Å². The molecule has 0 aliphatic rings. The lowest BCUT2D eigenvalue weighted by molar-refractivity contribution is 0.100. The van der Waals surface area contributed by atoms with Gasteiger partial charge in [0.25, 0.3) is 0 Å². The Hall–Kier alpha value is -0.860. The third-order valence-corrected chi connectivity index (χ3v) is 3.36. The first kappa shape index (κ1) is 17.2. The molecule has 0 fully saturated rings. The Morgan fingerprint density at radius 1 is 1.00 bits per heavy atom. The predicted molar refractivity (Wildman–Crippen MR) is 83.9 cm³/mol. The Bertz CT molecular complexity index is 447. The molecule has 0 aromatic heterocycles. The predicted octanol–water partition coefficient (Wildman–Crippen LogP) is 2.54. The molecular weight excluding hydrogens is 375 g/mol. The highest BCUT2D eigenvalue weighted by Crippen LogP contribution is 2.36. The highest BCUT2D eigenvalue weighted by atomic mass is 127. The van der Waals surface area contributed by atoms with Crippen LogP contribution in [0.1, 0.15) is 17.3 Å². The maximum absolute atomic E-state index is 11.7. The molecule has 0 radical (unpaired) electrons. The molecule has 1 aromatic carbocycles. The Kier molecular flexibility index (Phi) is 7.86. The van der Waals surface area contributed by atoms with Crippen LogP contribution in [-0.2, 0) is 9.47 Å². The molecule has 1 rings (SSSR count). The average Bonchev–Trinajstić information content (AvgIpc) is 2.41. The molecule has 112 valence electrons. The fraction of sp³-hybridized carbons (Fsp3) is 0.500. The Morgan fingerprint density at radius 3 is 2.05 bits per heavy atom. The van der Waals surface area contributed by atoms with Crippen molar-refractivity contribution >= 4 is 28.4 Å². The number of Topliss-reactive ketones (excluding diaryl/α,β-unsaturated/α-hetero) is 1. The van der Waals surface area contributed by atoms with Gasteiger partial charge in [-0.15, -0.1) is 0 Å². The topological polar surface area (TPSA) is 54.0 Å². The minimum absolute atomic E-state index is 0.0644. The van der Waals surface area contributed by atoms with Gasteiger partial charge >= 0.3 is 0 Å². The molecule has 0 saturated heterocycles. The quantitative estimate of drug-likeness (QED) is 0.366. The summed E-state index contributed by atoms with van der Waals surface area (Å²) in [6, 6.07) is 3.58. The van der Waals surface area contributed by atoms with Crippen LogP contribution in [0.15, 0.2) is 12.1 Å². The van der Waals surface area contributed by atoms with Crippen LogP contribution in [0.5, 0.6) is 11.5 Å². The molecule has 0 unspecified atom stereocenters. The first-order valence-corrected chi connectivity index (χ1v) is 7.26. The summed E-state index contributed by atoms with van der Waals surface area (Å²) in [5.74, 6) is 0.981. The Labute approximate surface area is 132 Å². The zero-order chi connectivity index (χ0) is 15.0. The first-order valence-electron chi connectivity index (χ1n) is 6.18. The van der Waals surface area contributed by atoms with Crippen molar-refractivity contribution in [2.75, 3.05) is 40.6 Å². The lowest BCUT2D eigenvalue weighted by Gasteiger charge is -2.16. The van der Waals surface area contributed by atoms with E-state index in [4.69, 9.17) is 18.9 Å².